The Kier molecular flexibility index (Phi) is 6.06. The third-order valence-electron chi connectivity index (χ3n) is 4.12. The van der Waals surface area contributed by atoms with Gasteiger partial charge in [-0.15, -0.1) is 11.3 Å². The molecule has 1 unspecified atom stereocenters. The molecule has 3 N–H and O–H groups in total. The maximum atomic E-state index is 13.0. The van der Waals surface area contributed by atoms with Gasteiger partial charge < -0.3 is 15.7 Å². The van der Waals surface area contributed by atoms with Crippen molar-refractivity contribution in [1.82, 2.24) is 5.32 Å². The van der Waals surface area contributed by atoms with Crippen molar-refractivity contribution in [1.29, 1.82) is 0 Å². The molecule has 2 amide bonds. The minimum Gasteiger partial charge on any atom is -0.378 e. The summed E-state index contributed by atoms with van der Waals surface area (Å²) >= 11 is 2.63. The van der Waals surface area contributed by atoms with Crippen LogP contribution < -0.4 is 10.6 Å². The molecule has 10 heteroatoms. The van der Waals surface area contributed by atoms with Crippen LogP contribution in [-0.2, 0) is 21.4 Å². The Bertz CT molecular complexity index is 952. The number of alkyl halides is 3. The van der Waals surface area contributed by atoms with E-state index >= 15 is 0 Å². The SMILES string of the molecule is O=C(NCC(O)(c1ccsc1)c1cccs1)C(=O)Nc1ccccc1C(F)(F)F. The van der Waals surface area contributed by atoms with E-state index in [1.54, 1.807) is 34.3 Å². The Balaban J connectivity index is 1.73. The van der Waals surface area contributed by atoms with Crippen molar-refractivity contribution < 1.29 is 27.9 Å². The summed E-state index contributed by atoms with van der Waals surface area (Å²) in [5.74, 6) is -2.42. The summed E-state index contributed by atoms with van der Waals surface area (Å²) in [7, 11) is 0. The van der Waals surface area contributed by atoms with E-state index < -0.39 is 34.8 Å². The molecule has 152 valence electrons. The second-order valence-electron chi connectivity index (χ2n) is 6.03. The lowest BCUT2D eigenvalue weighted by Crippen LogP contribution is -2.44. The van der Waals surface area contributed by atoms with Crippen LogP contribution >= 0.6 is 22.7 Å². The zero-order chi connectivity index (χ0) is 21.1. The first-order valence-electron chi connectivity index (χ1n) is 8.26. The van der Waals surface area contributed by atoms with Crippen LogP contribution in [0.1, 0.15) is 16.0 Å². The van der Waals surface area contributed by atoms with Crippen LogP contribution in [0.5, 0.6) is 0 Å². The third-order valence-corrected chi connectivity index (χ3v) is 5.82. The predicted octanol–water partition coefficient (Wildman–Crippen LogP) is 3.82. The van der Waals surface area contributed by atoms with Gasteiger partial charge in [0.2, 0.25) is 0 Å². The number of halogens is 3. The molecule has 1 aromatic carbocycles. The van der Waals surface area contributed by atoms with Crippen molar-refractivity contribution in [3.05, 3.63) is 74.6 Å². The number of rotatable bonds is 5. The maximum absolute atomic E-state index is 13.0. The number of hydrogen-bond acceptors (Lipinski definition) is 5. The highest BCUT2D eigenvalue weighted by Crippen LogP contribution is 2.35. The minimum absolute atomic E-state index is 0.322. The summed E-state index contributed by atoms with van der Waals surface area (Å²) in [6, 6.07) is 9.47. The van der Waals surface area contributed by atoms with E-state index in [0.29, 0.717) is 10.4 Å². The Morgan fingerprint density at radius 2 is 1.76 bits per heavy atom. The van der Waals surface area contributed by atoms with Crippen molar-refractivity contribution in [2.45, 2.75) is 11.8 Å². The van der Waals surface area contributed by atoms with E-state index in [4.69, 9.17) is 0 Å². The van der Waals surface area contributed by atoms with E-state index in [-0.39, 0.29) is 6.54 Å². The van der Waals surface area contributed by atoms with E-state index in [9.17, 15) is 27.9 Å². The Labute approximate surface area is 171 Å². The number of para-hydroxylation sites is 1. The molecule has 3 rings (SSSR count). The van der Waals surface area contributed by atoms with Crippen LogP contribution in [0.4, 0.5) is 18.9 Å². The van der Waals surface area contributed by atoms with Crippen molar-refractivity contribution >= 4 is 40.2 Å². The first-order chi connectivity index (χ1) is 13.7. The molecular formula is C19H15F3N2O3S2. The number of amides is 2. The second-order valence-corrected chi connectivity index (χ2v) is 7.76. The third kappa shape index (κ3) is 4.66. The van der Waals surface area contributed by atoms with Crippen LogP contribution in [0.2, 0.25) is 0 Å². The van der Waals surface area contributed by atoms with Gasteiger partial charge in [0.05, 0.1) is 17.8 Å². The fourth-order valence-corrected chi connectivity index (χ4v) is 4.22. The average molecular weight is 440 g/mol. The van der Waals surface area contributed by atoms with Gasteiger partial charge in [0.1, 0.15) is 5.60 Å². The highest BCUT2D eigenvalue weighted by atomic mass is 32.1. The smallest absolute Gasteiger partial charge is 0.378 e. The average Bonchev–Trinajstić information content (AvgIpc) is 3.39. The van der Waals surface area contributed by atoms with Gasteiger partial charge in [-0.3, -0.25) is 9.59 Å². The monoisotopic (exact) mass is 440 g/mol. The number of anilines is 1. The zero-order valence-electron chi connectivity index (χ0n) is 14.7. The number of aliphatic hydroxyl groups is 1. The van der Waals surface area contributed by atoms with E-state index in [1.807, 2.05) is 5.32 Å². The number of benzene rings is 1. The molecule has 2 aromatic heterocycles. The predicted molar refractivity (Wildman–Crippen MR) is 105 cm³/mol. The van der Waals surface area contributed by atoms with Gasteiger partial charge in [0.25, 0.3) is 0 Å². The summed E-state index contributed by atoms with van der Waals surface area (Å²) in [4.78, 5) is 24.9. The molecule has 0 saturated carbocycles. The quantitative estimate of drug-likeness (QED) is 0.528. The molecule has 0 spiro atoms. The fourth-order valence-electron chi connectivity index (χ4n) is 2.65. The molecule has 5 nitrogen and oxygen atoms in total. The number of carbonyl (C=O) groups is 2. The van der Waals surface area contributed by atoms with Crippen LogP contribution in [0.3, 0.4) is 0 Å². The Morgan fingerprint density at radius 1 is 1.00 bits per heavy atom. The van der Waals surface area contributed by atoms with Gasteiger partial charge in [0.15, 0.2) is 0 Å². The van der Waals surface area contributed by atoms with Crippen molar-refractivity contribution in [2.75, 3.05) is 11.9 Å². The lowest BCUT2D eigenvalue weighted by molar-refractivity contribution is -0.138. The molecule has 0 radical (unpaired) electrons. The molecule has 0 bridgehead atoms. The summed E-state index contributed by atoms with van der Waals surface area (Å²) in [5.41, 5.74) is -2.61. The van der Waals surface area contributed by atoms with Gasteiger partial charge >= 0.3 is 18.0 Å². The molecule has 0 aliphatic carbocycles. The largest absolute Gasteiger partial charge is 0.418 e. The van der Waals surface area contributed by atoms with Crippen molar-refractivity contribution in [2.24, 2.45) is 0 Å². The number of hydrogen-bond donors (Lipinski definition) is 3. The second kappa shape index (κ2) is 8.36. The molecule has 29 heavy (non-hydrogen) atoms. The molecule has 2 heterocycles. The molecule has 1 atom stereocenters. The lowest BCUT2D eigenvalue weighted by Gasteiger charge is -2.26. The van der Waals surface area contributed by atoms with Crippen LogP contribution in [0, 0.1) is 0 Å². The van der Waals surface area contributed by atoms with E-state index in [2.05, 4.69) is 5.32 Å². The standard InChI is InChI=1S/C19H15F3N2O3S2/c20-19(21,22)13-4-1-2-5-14(13)24-17(26)16(25)23-11-18(27,12-7-9-28-10-12)15-6-3-8-29-15/h1-10,27H,11H2,(H,23,25)(H,24,26). The zero-order valence-corrected chi connectivity index (χ0v) is 16.3. The Hall–Kier alpha value is -2.69. The minimum atomic E-state index is -4.68. The van der Waals surface area contributed by atoms with Gasteiger partial charge in [-0.1, -0.05) is 18.2 Å². The highest BCUT2D eigenvalue weighted by molar-refractivity contribution is 7.10. The van der Waals surface area contributed by atoms with Gasteiger partial charge in [0, 0.05) is 10.4 Å². The van der Waals surface area contributed by atoms with Gasteiger partial charge in [-0.2, -0.15) is 24.5 Å². The Morgan fingerprint density at radius 3 is 2.38 bits per heavy atom. The van der Waals surface area contributed by atoms with Crippen LogP contribution in [0.15, 0.2) is 58.6 Å². The molecular weight excluding hydrogens is 425 g/mol. The van der Waals surface area contributed by atoms with Crippen LogP contribution in [0.25, 0.3) is 0 Å². The normalized spacial score (nSPS) is 13.5. The van der Waals surface area contributed by atoms with Gasteiger partial charge in [-0.05, 0) is 40.4 Å². The summed E-state index contributed by atoms with van der Waals surface area (Å²) in [5, 5.41) is 20.6. The number of carbonyl (C=O) groups excluding carboxylic acids is 2. The number of nitrogens with one attached hydrogen (secondary N) is 2. The van der Waals surface area contributed by atoms with E-state index in [0.717, 1.165) is 12.1 Å². The summed E-state index contributed by atoms with van der Waals surface area (Å²) < 4.78 is 39.1. The first kappa shape index (κ1) is 21.0. The van der Waals surface area contributed by atoms with Gasteiger partial charge in [-0.25, -0.2) is 0 Å². The lowest BCUT2D eigenvalue weighted by atomic mass is 9.94. The highest BCUT2D eigenvalue weighted by Gasteiger charge is 2.36. The number of thiophene rings is 2. The van der Waals surface area contributed by atoms with Crippen molar-refractivity contribution in [3.8, 4) is 0 Å². The fraction of sp³-hybridized carbons (Fsp3) is 0.158. The molecule has 3 aromatic rings. The molecule has 0 aliphatic rings. The van der Waals surface area contributed by atoms with Crippen molar-refractivity contribution in [3.63, 3.8) is 0 Å². The maximum Gasteiger partial charge on any atom is 0.418 e. The molecule has 0 saturated heterocycles. The topological polar surface area (TPSA) is 78.4 Å². The summed E-state index contributed by atoms with van der Waals surface area (Å²) in [6.45, 7) is -0.322. The first-order valence-corrected chi connectivity index (χ1v) is 10.1. The summed E-state index contributed by atoms with van der Waals surface area (Å²) in [6.07, 6.45) is -4.68. The molecule has 0 fully saturated rings. The molecule has 0 aliphatic heterocycles. The van der Waals surface area contributed by atoms with E-state index in [1.165, 1.54) is 34.8 Å². The van der Waals surface area contributed by atoms with Crippen LogP contribution in [-0.4, -0.2) is 23.5 Å².